The summed E-state index contributed by atoms with van der Waals surface area (Å²) in [5.41, 5.74) is 0.307. The van der Waals surface area contributed by atoms with Gasteiger partial charge in [0.25, 0.3) is 5.91 Å². The lowest BCUT2D eigenvalue weighted by molar-refractivity contribution is 0.0623. The van der Waals surface area contributed by atoms with Crippen molar-refractivity contribution in [3.8, 4) is 5.88 Å². The minimum Gasteiger partial charge on any atom is -0.493 e. The predicted molar refractivity (Wildman–Crippen MR) is 81.4 cm³/mol. The maximum atomic E-state index is 12.3. The fourth-order valence-corrected chi connectivity index (χ4v) is 3.18. The first-order valence-corrected chi connectivity index (χ1v) is 7.80. The van der Waals surface area contributed by atoms with Crippen molar-refractivity contribution in [2.75, 3.05) is 26.2 Å². The number of amides is 1. The molecule has 3 heterocycles. The van der Waals surface area contributed by atoms with Crippen molar-refractivity contribution in [2.45, 2.75) is 6.54 Å². The Balaban J connectivity index is 1.57. The first-order chi connectivity index (χ1) is 10.2. The van der Waals surface area contributed by atoms with Crippen molar-refractivity contribution in [3.05, 3.63) is 46.3 Å². The summed E-state index contributed by atoms with van der Waals surface area (Å²) in [6, 6.07) is 8.95. The molecule has 3 rings (SSSR count). The summed E-state index contributed by atoms with van der Waals surface area (Å²) >= 11 is 1.76. The van der Waals surface area contributed by atoms with Gasteiger partial charge in [0.1, 0.15) is 5.69 Å². The second-order valence-corrected chi connectivity index (χ2v) is 6.06. The fourth-order valence-electron chi connectivity index (χ4n) is 2.44. The lowest BCUT2D eigenvalue weighted by atomic mass is 10.2. The fraction of sp³-hybridized carbons (Fsp3) is 0.333. The Kier molecular flexibility index (Phi) is 4.17. The second-order valence-electron chi connectivity index (χ2n) is 5.03. The molecule has 1 N–H and O–H groups in total. The van der Waals surface area contributed by atoms with Gasteiger partial charge >= 0.3 is 0 Å². The van der Waals surface area contributed by atoms with Gasteiger partial charge in [-0.1, -0.05) is 12.1 Å². The second kappa shape index (κ2) is 6.24. The molecule has 5 nitrogen and oxygen atoms in total. The Bertz CT molecular complexity index is 607. The van der Waals surface area contributed by atoms with Gasteiger partial charge in [0.2, 0.25) is 5.88 Å². The minimum atomic E-state index is -0.114. The van der Waals surface area contributed by atoms with Gasteiger partial charge in [0, 0.05) is 43.7 Å². The van der Waals surface area contributed by atoms with Crippen molar-refractivity contribution in [1.82, 2.24) is 14.8 Å². The van der Waals surface area contributed by atoms with Gasteiger partial charge in [-0.25, -0.2) is 4.98 Å². The molecule has 110 valence electrons. The molecule has 0 aromatic carbocycles. The largest absolute Gasteiger partial charge is 0.493 e. The quantitative estimate of drug-likeness (QED) is 0.939. The summed E-state index contributed by atoms with van der Waals surface area (Å²) in [4.78, 5) is 21.7. The standard InChI is InChI=1S/C15H17N3O2S/c19-14-5-1-4-13(16-14)15(20)18-8-6-17(7-9-18)11-12-3-2-10-21-12/h1-5,10H,6-9,11H2,(H,16,19). The van der Waals surface area contributed by atoms with Gasteiger partial charge in [0.05, 0.1) is 0 Å². The highest BCUT2D eigenvalue weighted by molar-refractivity contribution is 7.09. The van der Waals surface area contributed by atoms with E-state index in [9.17, 15) is 9.90 Å². The molecule has 1 amide bonds. The van der Waals surface area contributed by atoms with Crippen LogP contribution in [0.5, 0.6) is 5.88 Å². The Labute approximate surface area is 127 Å². The normalized spacial score (nSPS) is 16.1. The number of hydrogen-bond donors (Lipinski definition) is 1. The van der Waals surface area contributed by atoms with E-state index >= 15 is 0 Å². The van der Waals surface area contributed by atoms with E-state index in [1.54, 1.807) is 28.4 Å². The molecule has 0 unspecified atom stereocenters. The highest BCUT2D eigenvalue weighted by Gasteiger charge is 2.23. The predicted octanol–water partition coefficient (Wildman–Crippen LogP) is 1.81. The van der Waals surface area contributed by atoms with Crippen LogP contribution < -0.4 is 0 Å². The number of carbonyl (C=O) groups excluding carboxylic acids is 1. The van der Waals surface area contributed by atoms with E-state index in [1.165, 1.54) is 10.9 Å². The lowest BCUT2D eigenvalue weighted by Gasteiger charge is -2.34. The van der Waals surface area contributed by atoms with Crippen molar-refractivity contribution >= 4 is 17.2 Å². The molecule has 0 saturated carbocycles. The van der Waals surface area contributed by atoms with Crippen molar-refractivity contribution < 1.29 is 9.90 Å². The van der Waals surface area contributed by atoms with E-state index in [1.807, 2.05) is 0 Å². The van der Waals surface area contributed by atoms with Gasteiger partial charge < -0.3 is 10.0 Å². The number of piperazine rings is 1. The van der Waals surface area contributed by atoms with Crippen LogP contribution in [0.15, 0.2) is 35.7 Å². The minimum absolute atomic E-state index is 0.110. The Hall–Kier alpha value is -1.92. The van der Waals surface area contributed by atoms with Crippen LogP contribution in [0.4, 0.5) is 0 Å². The van der Waals surface area contributed by atoms with E-state index in [-0.39, 0.29) is 11.8 Å². The summed E-state index contributed by atoms with van der Waals surface area (Å²) in [5.74, 6) is -0.223. The van der Waals surface area contributed by atoms with Gasteiger partial charge in [-0.05, 0) is 17.5 Å². The van der Waals surface area contributed by atoms with Crippen LogP contribution in [0.2, 0.25) is 0 Å². The summed E-state index contributed by atoms with van der Waals surface area (Å²) < 4.78 is 0. The van der Waals surface area contributed by atoms with Gasteiger partial charge in [-0.15, -0.1) is 11.3 Å². The highest BCUT2D eigenvalue weighted by atomic mass is 32.1. The molecule has 2 aromatic rings. The van der Waals surface area contributed by atoms with Crippen LogP contribution in [0.3, 0.4) is 0 Å². The number of pyridine rings is 1. The molecule has 1 aliphatic heterocycles. The molecule has 21 heavy (non-hydrogen) atoms. The molecule has 6 heteroatoms. The number of thiophene rings is 1. The van der Waals surface area contributed by atoms with Crippen molar-refractivity contribution in [1.29, 1.82) is 0 Å². The molecule has 0 atom stereocenters. The van der Waals surface area contributed by atoms with E-state index in [0.29, 0.717) is 18.8 Å². The third-order valence-corrected chi connectivity index (χ3v) is 4.43. The topological polar surface area (TPSA) is 56.7 Å². The van der Waals surface area contributed by atoms with Crippen LogP contribution in [0.25, 0.3) is 0 Å². The van der Waals surface area contributed by atoms with Crippen LogP contribution in [0.1, 0.15) is 15.4 Å². The summed E-state index contributed by atoms with van der Waals surface area (Å²) in [7, 11) is 0. The third kappa shape index (κ3) is 3.40. The van der Waals surface area contributed by atoms with E-state index in [4.69, 9.17) is 0 Å². The van der Waals surface area contributed by atoms with E-state index in [0.717, 1.165) is 19.6 Å². The number of aromatic nitrogens is 1. The average Bonchev–Trinajstić information content (AvgIpc) is 3.00. The van der Waals surface area contributed by atoms with E-state index < -0.39 is 0 Å². The number of carbonyl (C=O) groups is 1. The molecule has 2 aromatic heterocycles. The van der Waals surface area contributed by atoms with Crippen LogP contribution >= 0.6 is 11.3 Å². The molecule has 0 aliphatic carbocycles. The highest BCUT2D eigenvalue weighted by Crippen LogP contribution is 2.15. The number of hydrogen-bond acceptors (Lipinski definition) is 5. The smallest absolute Gasteiger partial charge is 0.272 e. The average molecular weight is 303 g/mol. The maximum Gasteiger partial charge on any atom is 0.272 e. The van der Waals surface area contributed by atoms with Gasteiger partial charge in [-0.3, -0.25) is 9.69 Å². The van der Waals surface area contributed by atoms with Gasteiger partial charge in [0.15, 0.2) is 0 Å². The zero-order valence-corrected chi connectivity index (χ0v) is 12.4. The zero-order chi connectivity index (χ0) is 14.7. The van der Waals surface area contributed by atoms with Crippen LogP contribution in [-0.4, -0.2) is 52.0 Å². The number of rotatable bonds is 3. The van der Waals surface area contributed by atoms with Crippen LogP contribution in [-0.2, 0) is 6.54 Å². The number of nitrogens with zero attached hydrogens (tertiary/aromatic N) is 3. The van der Waals surface area contributed by atoms with Crippen molar-refractivity contribution in [2.24, 2.45) is 0 Å². The lowest BCUT2D eigenvalue weighted by Crippen LogP contribution is -2.48. The molecule has 0 bridgehead atoms. The Morgan fingerprint density at radius 3 is 2.67 bits per heavy atom. The molecular weight excluding hydrogens is 286 g/mol. The Morgan fingerprint density at radius 2 is 2.00 bits per heavy atom. The summed E-state index contributed by atoms with van der Waals surface area (Å²) in [6.07, 6.45) is 0. The Morgan fingerprint density at radius 1 is 1.19 bits per heavy atom. The SMILES string of the molecule is O=C(c1cccc(O)n1)N1CCN(Cc2cccs2)CC1. The third-order valence-electron chi connectivity index (χ3n) is 3.57. The molecule has 1 fully saturated rings. The van der Waals surface area contributed by atoms with Crippen LogP contribution in [0, 0.1) is 0 Å². The van der Waals surface area contributed by atoms with E-state index in [2.05, 4.69) is 27.4 Å². The monoisotopic (exact) mass is 303 g/mol. The first kappa shape index (κ1) is 14.0. The molecule has 1 saturated heterocycles. The number of aromatic hydroxyl groups is 1. The molecule has 1 aliphatic rings. The maximum absolute atomic E-state index is 12.3. The van der Waals surface area contributed by atoms with Crippen molar-refractivity contribution in [3.63, 3.8) is 0 Å². The summed E-state index contributed by atoms with van der Waals surface area (Å²) in [6.45, 7) is 4.07. The summed E-state index contributed by atoms with van der Waals surface area (Å²) in [5, 5.41) is 11.4. The zero-order valence-electron chi connectivity index (χ0n) is 11.6. The molecular formula is C15H17N3O2S. The molecule has 0 radical (unpaired) electrons. The van der Waals surface area contributed by atoms with Gasteiger partial charge in [-0.2, -0.15) is 0 Å². The molecule has 0 spiro atoms. The first-order valence-electron chi connectivity index (χ1n) is 6.92.